The van der Waals surface area contributed by atoms with Crippen LogP contribution in [0.15, 0.2) is 53.1 Å². The van der Waals surface area contributed by atoms with Crippen LogP contribution in [0.4, 0.5) is 10.1 Å². The third-order valence-corrected chi connectivity index (χ3v) is 3.88. The average molecular weight is 354 g/mol. The second-order valence-electron chi connectivity index (χ2n) is 5.81. The Balaban J connectivity index is 1.69. The van der Waals surface area contributed by atoms with E-state index >= 15 is 0 Å². The van der Waals surface area contributed by atoms with Crippen LogP contribution in [0.2, 0.25) is 0 Å². The largest absolute Gasteiger partial charge is 0.489 e. The van der Waals surface area contributed by atoms with Gasteiger partial charge in [0.05, 0.1) is 5.69 Å². The van der Waals surface area contributed by atoms with Crippen LogP contribution < -0.4 is 10.1 Å². The zero-order valence-corrected chi connectivity index (χ0v) is 14.6. The number of rotatable bonds is 6. The standard InChI is InChI=1S/C20H19FN2O3/c1-3-18-19(13(2)26-23-18)20(24)22-16-8-5-9-17(11-16)25-12-14-6-4-7-15(21)10-14/h4-11H,3,12H2,1-2H3,(H,22,24). The highest BCUT2D eigenvalue weighted by Gasteiger charge is 2.19. The number of carbonyl (C=O) groups is 1. The molecule has 134 valence electrons. The number of nitrogens with one attached hydrogen (secondary N) is 1. The highest BCUT2D eigenvalue weighted by atomic mass is 19.1. The van der Waals surface area contributed by atoms with Gasteiger partial charge in [-0.3, -0.25) is 4.79 Å². The first kappa shape index (κ1) is 17.7. The normalized spacial score (nSPS) is 10.6. The molecule has 3 aromatic rings. The maximum Gasteiger partial charge on any atom is 0.261 e. The zero-order chi connectivity index (χ0) is 18.5. The fourth-order valence-corrected chi connectivity index (χ4v) is 2.60. The van der Waals surface area contributed by atoms with Crippen molar-refractivity contribution in [3.8, 4) is 5.75 Å². The number of hydrogen-bond acceptors (Lipinski definition) is 4. The first-order valence-electron chi connectivity index (χ1n) is 8.30. The predicted molar refractivity (Wildman–Crippen MR) is 95.7 cm³/mol. The van der Waals surface area contributed by atoms with Crippen LogP contribution in [0.3, 0.4) is 0 Å². The lowest BCUT2D eigenvalue weighted by atomic mass is 10.1. The second kappa shape index (κ2) is 7.82. The summed E-state index contributed by atoms with van der Waals surface area (Å²) in [7, 11) is 0. The Morgan fingerprint density at radius 2 is 2.04 bits per heavy atom. The molecule has 1 aromatic heterocycles. The van der Waals surface area contributed by atoms with Crippen LogP contribution in [0.25, 0.3) is 0 Å². The van der Waals surface area contributed by atoms with Gasteiger partial charge in [-0.2, -0.15) is 0 Å². The van der Waals surface area contributed by atoms with Gasteiger partial charge in [0.1, 0.15) is 29.5 Å². The molecule has 0 aliphatic rings. The average Bonchev–Trinajstić information content (AvgIpc) is 3.01. The van der Waals surface area contributed by atoms with Crippen LogP contribution in [0, 0.1) is 12.7 Å². The summed E-state index contributed by atoms with van der Waals surface area (Å²) in [5.41, 5.74) is 2.40. The van der Waals surface area contributed by atoms with Gasteiger partial charge in [-0.05, 0) is 43.2 Å². The Bertz CT molecular complexity index is 921. The lowest BCUT2D eigenvalue weighted by Crippen LogP contribution is -2.14. The smallest absolute Gasteiger partial charge is 0.261 e. The second-order valence-corrected chi connectivity index (χ2v) is 5.81. The summed E-state index contributed by atoms with van der Waals surface area (Å²) in [6, 6.07) is 13.3. The molecule has 1 amide bonds. The van der Waals surface area contributed by atoms with Crippen molar-refractivity contribution in [2.45, 2.75) is 26.9 Å². The highest BCUT2D eigenvalue weighted by molar-refractivity contribution is 6.05. The minimum absolute atomic E-state index is 0.236. The van der Waals surface area contributed by atoms with Gasteiger partial charge < -0.3 is 14.6 Å². The van der Waals surface area contributed by atoms with Gasteiger partial charge in [-0.1, -0.05) is 30.3 Å². The summed E-state index contributed by atoms with van der Waals surface area (Å²) in [6.45, 7) is 3.86. The van der Waals surface area contributed by atoms with Crippen LogP contribution in [-0.2, 0) is 13.0 Å². The van der Waals surface area contributed by atoms with Gasteiger partial charge in [0.2, 0.25) is 0 Å². The molecule has 26 heavy (non-hydrogen) atoms. The molecule has 0 radical (unpaired) electrons. The van der Waals surface area contributed by atoms with Crippen LogP contribution in [0.5, 0.6) is 5.75 Å². The molecule has 0 atom stereocenters. The molecule has 1 N–H and O–H groups in total. The molecule has 0 aliphatic carbocycles. The van der Waals surface area contributed by atoms with E-state index in [1.54, 1.807) is 43.3 Å². The summed E-state index contributed by atoms with van der Waals surface area (Å²) in [4.78, 5) is 12.5. The van der Waals surface area contributed by atoms with Crippen molar-refractivity contribution >= 4 is 11.6 Å². The molecule has 6 heteroatoms. The number of hydrogen-bond donors (Lipinski definition) is 1. The summed E-state index contributed by atoms with van der Waals surface area (Å²) < 4.78 is 24.0. The Kier molecular flexibility index (Phi) is 5.31. The van der Waals surface area contributed by atoms with E-state index in [1.807, 2.05) is 6.92 Å². The third kappa shape index (κ3) is 4.08. The SMILES string of the molecule is CCc1noc(C)c1C(=O)Nc1cccc(OCc2cccc(F)c2)c1. The van der Waals surface area contributed by atoms with Gasteiger partial charge in [0, 0.05) is 11.8 Å². The first-order valence-corrected chi connectivity index (χ1v) is 8.30. The molecule has 1 heterocycles. The van der Waals surface area contributed by atoms with E-state index in [4.69, 9.17) is 9.26 Å². The minimum atomic E-state index is -0.303. The van der Waals surface area contributed by atoms with Gasteiger partial charge in [-0.15, -0.1) is 0 Å². The fourth-order valence-electron chi connectivity index (χ4n) is 2.60. The van der Waals surface area contributed by atoms with Gasteiger partial charge in [-0.25, -0.2) is 4.39 Å². The number of aromatic nitrogens is 1. The molecule has 0 saturated carbocycles. The Labute approximate surface area is 150 Å². The molecule has 0 spiro atoms. The molecule has 0 fully saturated rings. The topological polar surface area (TPSA) is 64.4 Å². The molecule has 0 aliphatic heterocycles. The molecule has 0 saturated heterocycles. The number of aryl methyl sites for hydroxylation is 2. The van der Waals surface area contributed by atoms with E-state index in [0.717, 1.165) is 5.56 Å². The molecule has 2 aromatic carbocycles. The van der Waals surface area contributed by atoms with E-state index in [0.29, 0.717) is 34.9 Å². The maximum absolute atomic E-state index is 13.2. The number of halogens is 1. The molecular formula is C20H19FN2O3. The highest BCUT2D eigenvalue weighted by Crippen LogP contribution is 2.21. The predicted octanol–water partition coefficient (Wildman–Crippen LogP) is 4.52. The van der Waals surface area contributed by atoms with E-state index in [1.165, 1.54) is 12.1 Å². The minimum Gasteiger partial charge on any atom is -0.489 e. The first-order chi connectivity index (χ1) is 12.6. The Morgan fingerprint density at radius 1 is 1.23 bits per heavy atom. The fraction of sp³-hybridized carbons (Fsp3) is 0.200. The Hall–Kier alpha value is -3.15. The number of carbonyl (C=O) groups excluding carboxylic acids is 1. The summed E-state index contributed by atoms with van der Waals surface area (Å²) in [5.74, 6) is 0.480. The van der Waals surface area contributed by atoms with Crippen LogP contribution >= 0.6 is 0 Å². The van der Waals surface area contributed by atoms with E-state index in [-0.39, 0.29) is 18.3 Å². The third-order valence-electron chi connectivity index (χ3n) is 3.88. The van der Waals surface area contributed by atoms with Crippen LogP contribution in [0.1, 0.15) is 34.3 Å². The number of ether oxygens (including phenoxy) is 1. The van der Waals surface area contributed by atoms with E-state index in [2.05, 4.69) is 10.5 Å². The molecule has 5 nitrogen and oxygen atoms in total. The van der Waals surface area contributed by atoms with Crippen molar-refractivity contribution in [3.05, 3.63) is 76.9 Å². The van der Waals surface area contributed by atoms with Gasteiger partial charge in [0.15, 0.2) is 0 Å². The van der Waals surface area contributed by atoms with Crippen molar-refractivity contribution < 1.29 is 18.4 Å². The molecule has 3 rings (SSSR count). The lowest BCUT2D eigenvalue weighted by Gasteiger charge is -2.09. The van der Waals surface area contributed by atoms with Crippen molar-refractivity contribution in [3.63, 3.8) is 0 Å². The van der Waals surface area contributed by atoms with Gasteiger partial charge >= 0.3 is 0 Å². The summed E-state index contributed by atoms with van der Waals surface area (Å²) in [5, 5.41) is 6.72. The molecule has 0 unspecified atom stereocenters. The molecule has 0 bridgehead atoms. The maximum atomic E-state index is 13.2. The summed E-state index contributed by atoms with van der Waals surface area (Å²) >= 11 is 0. The Morgan fingerprint density at radius 3 is 2.81 bits per heavy atom. The van der Waals surface area contributed by atoms with Crippen molar-refractivity contribution in [1.82, 2.24) is 5.16 Å². The summed E-state index contributed by atoms with van der Waals surface area (Å²) in [6.07, 6.45) is 0.608. The van der Waals surface area contributed by atoms with Crippen LogP contribution in [-0.4, -0.2) is 11.1 Å². The van der Waals surface area contributed by atoms with Gasteiger partial charge in [0.25, 0.3) is 5.91 Å². The number of nitrogens with zero attached hydrogens (tertiary/aromatic N) is 1. The van der Waals surface area contributed by atoms with E-state index < -0.39 is 0 Å². The monoisotopic (exact) mass is 354 g/mol. The van der Waals surface area contributed by atoms with Crippen molar-refractivity contribution in [1.29, 1.82) is 0 Å². The number of anilines is 1. The quantitative estimate of drug-likeness (QED) is 0.707. The number of amides is 1. The molecular weight excluding hydrogens is 335 g/mol. The van der Waals surface area contributed by atoms with Crippen molar-refractivity contribution in [2.75, 3.05) is 5.32 Å². The zero-order valence-electron chi connectivity index (χ0n) is 14.6. The number of benzene rings is 2. The van der Waals surface area contributed by atoms with E-state index in [9.17, 15) is 9.18 Å². The van der Waals surface area contributed by atoms with Crippen molar-refractivity contribution in [2.24, 2.45) is 0 Å². The lowest BCUT2D eigenvalue weighted by molar-refractivity contribution is 0.102.